The monoisotopic (exact) mass is 522 g/mol. The number of amides is 1. The van der Waals surface area contributed by atoms with Gasteiger partial charge in [0.05, 0.1) is 12.5 Å². The van der Waals surface area contributed by atoms with E-state index in [1.165, 1.54) is 0 Å². The number of hydrogen-bond donors (Lipinski definition) is 1. The molecule has 1 amide bonds. The number of carbonyl (C=O) groups is 1. The van der Waals surface area contributed by atoms with Gasteiger partial charge in [-0.2, -0.15) is 4.98 Å². The van der Waals surface area contributed by atoms with Gasteiger partial charge in [0.1, 0.15) is 0 Å². The predicted molar refractivity (Wildman–Crippen MR) is 124 cm³/mol. The second kappa shape index (κ2) is 10.1. The van der Waals surface area contributed by atoms with Crippen molar-refractivity contribution in [2.45, 2.75) is 25.9 Å². The number of halogens is 3. The molecule has 1 unspecified atom stereocenters. The lowest BCUT2D eigenvalue weighted by Crippen LogP contribution is -2.42. The number of carbonyl (C=O) groups excluding carboxylic acids is 1. The topological polar surface area (TPSA) is 71.3 Å². The van der Waals surface area contributed by atoms with Crippen LogP contribution in [0.5, 0.6) is 0 Å². The maximum absolute atomic E-state index is 12.7. The van der Waals surface area contributed by atoms with Gasteiger partial charge in [-0.3, -0.25) is 9.69 Å². The fourth-order valence-corrected chi connectivity index (χ4v) is 4.53. The summed E-state index contributed by atoms with van der Waals surface area (Å²) in [5, 5.41) is 8.21. The molecule has 0 bridgehead atoms. The zero-order chi connectivity index (χ0) is 21.8. The van der Waals surface area contributed by atoms with Crippen molar-refractivity contribution in [2.75, 3.05) is 13.1 Å². The fraction of sp³-hybridized carbons (Fsp3) is 0.318. The second-order valence-electron chi connectivity index (χ2n) is 7.55. The van der Waals surface area contributed by atoms with Crippen LogP contribution >= 0.6 is 39.1 Å². The lowest BCUT2D eigenvalue weighted by atomic mass is 9.97. The van der Waals surface area contributed by atoms with Gasteiger partial charge in [-0.25, -0.2) is 0 Å². The van der Waals surface area contributed by atoms with E-state index < -0.39 is 0 Å². The Bertz CT molecular complexity index is 1080. The highest BCUT2D eigenvalue weighted by molar-refractivity contribution is 9.10. The van der Waals surface area contributed by atoms with Crippen LogP contribution in [0.15, 0.2) is 51.5 Å². The SMILES string of the molecule is O=C(NCc1ccc(Cl)cc1Cl)C1CCCN(Cc2nc(-c3cccc(Br)c3)no2)C1. The lowest BCUT2D eigenvalue weighted by molar-refractivity contribution is -0.127. The highest BCUT2D eigenvalue weighted by atomic mass is 79.9. The van der Waals surface area contributed by atoms with Gasteiger partial charge in [0.25, 0.3) is 0 Å². The molecular weight excluding hydrogens is 503 g/mol. The van der Waals surface area contributed by atoms with Gasteiger partial charge in [-0.1, -0.05) is 62.5 Å². The number of nitrogens with zero attached hydrogens (tertiary/aromatic N) is 3. The molecule has 1 aliphatic heterocycles. The van der Waals surface area contributed by atoms with E-state index in [-0.39, 0.29) is 11.8 Å². The van der Waals surface area contributed by atoms with Crippen LogP contribution in [0.4, 0.5) is 0 Å². The highest BCUT2D eigenvalue weighted by Crippen LogP contribution is 2.23. The quantitative estimate of drug-likeness (QED) is 0.472. The third-order valence-electron chi connectivity index (χ3n) is 5.25. The fourth-order valence-electron chi connectivity index (χ4n) is 3.66. The van der Waals surface area contributed by atoms with Gasteiger partial charge in [-0.15, -0.1) is 0 Å². The number of piperidine rings is 1. The molecule has 0 saturated carbocycles. The zero-order valence-electron chi connectivity index (χ0n) is 16.7. The molecule has 9 heteroatoms. The molecule has 0 radical (unpaired) electrons. The Kier molecular flexibility index (Phi) is 7.27. The number of likely N-dealkylation sites (tertiary alicyclic amines) is 1. The minimum absolute atomic E-state index is 0.0241. The zero-order valence-corrected chi connectivity index (χ0v) is 19.8. The van der Waals surface area contributed by atoms with Gasteiger partial charge < -0.3 is 9.84 Å². The summed E-state index contributed by atoms with van der Waals surface area (Å²) < 4.78 is 6.40. The highest BCUT2D eigenvalue weighted by Gasteiger charge is 2.27. The Morgan fingerprint density at radius 2 is 2.13 bits per heavy atom. The van der Waals surface area contributed by atoms with Crippen LogP contribution in [0.2, 0.25) is 10.0 Å². The van der Waals surface area contributed by atoms with Crippen molar-refractivity contribution in [3.8, 4) is 11.4 Å². The molecule has 1 N–H and O–H groups in total. The van der Waals surface area contributed by atoms with E-state index in [4.69, 9.17) is 27.7 Å². The number of rotatable bonds is 6. The molecule has 1 aliphatic rings. The Morgan fingerprint density at radius 3 is 2.94 bits per heavy atom. The van der Waals surface area contributed by atoms with Crippen LogP contribution < -0.4 is 5.32 Å². The molecule has 2 aromatic carbocycles. The van der Waals surface area contributed by atoms with Crippen LogP contribution in [0.1, 0.15) is 24.3 Å². The van der Waals surface area contributed by atoms with Gasteiger partial charge in [0, 0.05) is 33.2 Å². The Morgan fingerprint density at radius 1 is 1.26 bits per heavy atom. The van der Waals surface area contributed by atoms with Crippen molar-refractivity contribution in [2.24, 2.45) is 5.92 Å². The molecule has 162 valence electrons. The third-order valence-corrected chi connectivity index (χ3v) is 6.33. The molecular formula is C22H21BrCl2N4O2. The first-order valence-electron chi connectivity index (χ1n) is 10.0. The predicted octanol–water partition coefficient (Wildman–Crippen LogP) is 5.33. The van der Waals surface area contributed by atoms with Crippen LogP contribution in [0.25, 0.3) is 11.4 Å². The average Bonchev–Trinajstić information content (AvgIpc) is 3.21. The molecule has 31 heavy (non-hydrogen) atoms. The summed E-state index contributed by atoms with van der Waals surface area (Å²) in [6.45, 7) is 2.44. The first-order chi connectivity index (χ1) is 15.0. The van der Waals surface area contributed by atoms with Gasteiger partial charge in [0.2, 0.25) is 17.6 Å². The molecule has 3 aromatic rings. The molecule has 1 fully saturated rings. The molecule has 4 rings (SSSR count). The van der Waals surface area contributed by atoms with Gasteiger partial charge >= 0.3 is 0 Å². The summed E-state index contributed by atoms with van der Waals surface area (Å²) in [7, 11) is 0. The van der Waals surface area contributed by atoms with Crippen molar-refractivity contribution in [1.29, 1.82) is 0 Å². The molecule has 2 heterocycles. The van der Waals surface area contributed by atoms with Crippen LogP contribution in [-0.2, 0) is 17.9 Å². The van der Waals surface area contributed by atoms with Crippen molar-refractivity contribution >= 4 is 45.0 Å². The number of hydrogen-bond acceptors (Lipinski definition) is 5. The number of nitrogens with one attached hydrogen (secondary N) is 1. The summed E-state index contributed by atoms with van der Waals surface area (Å²) in [5.41, 5.74) is 1.74. The second-order valence-corrected chi connectivity index (χ2v) is 9.31. The standard InChI is InChI=1S/C22H21BrCl2N4O2/c23-17-5-1-3-14(9-17)21-27-20(31-28-21)13-29-8-2-4-16(12-29)22(30)26-11-15-6-7-18(24)10-19(15)25/h1,3,5-7,9-10,16H,2,4,8,11-13H2,(H,26,30). The molecule has 1 atom stereocenters. The first kappa shape index (κ1) is 22.3. The smallest absolute Gasteiger partial charge is 0.241 e. The molecule has 0 aliphatic carbocycles. The summed E-state index contributed by atoms with van der Waals surface area (Å²) in [5.74, 6) is 1.04. The van der Waals surface area contributed by atoms with Gasteiger partial charge in [-0.05, 0) is 49.2 Å². The minimum Gasteiger partial charge on any atom is -0.352 e. The van der Waals surface area contributed by atoms with E-state index in [1.54, 1.807) is 12.1 Å². The molecule has 1 saturated heterocycles. The van der Waals surface area contributed by atoms with E-state index in [0.717, 1.165) is 35.0 Å². The van der Waals surface area contributed by atoms with Crippen molar-refractivity contribution in [3.05, 3.63) is 68.4 Å². The molecule has 1 aromatic heterocycles. The summed E-state index contributed by atoms with van der Waals surface area (Å²) in [6.07, 6.45) is 1.79. The summed E-state index contributed by atoms with van der Waals surface area (Å²) >= 11 is 15.6. The molecule has 6 nitrogen and oxygen atoms in total. The van der Waals surface area contributed by atoms with E-state index >= 15 is 0 Å². The number of benzene rings is 2. The summed E-state index contributed by atoms with van der Waals surface area (Å²) in [4.78, 5) is 19.4. The van der Waals surface area contributed by atoms with E-state index in [9.17, 15) is 4.79 Å². The van der Waals surface area contributed by atoms with Gasteiger partial charge in [0.15, 0.2) is 0 Å². The lowest BCUT2D eigenvalue weighted by Gasteiger charge is -2.30. The minimum atomic E-state index is -0.0905. The van der Waals surface area contributed by atoms with Crippen molar-refractivity contribution < 1.29 is 9.32 Å². The maximum Gasteiger partial charge on any atom is 0.241 e. The third kappa shape index (κ3) is 5.86. The van der Waals surface area contributed by atoms with Crippen LogP contribution in [0, 0.1) is 5.92 Å². The van der Waals surface area contributed by atoms with E-state index in [1.807, 2.05) is 30.3 Å². The maximum atomic E-state index is 12.7. The molecule has 0 spiro atoms. The average molecular weight is 524 g/mol. The normalized spacial score (nSPS) is 16.9. The first-order valence-corrected chi connectivity index (χ1v) is 11.6. The van der Waals surface area contributed by atoms with E-state index in [0.29, 0.717) is 41.4 Å². The Labute approximate surface area is 199 Å². The summed E-state index contributed by atoms with van der Waals surface area (Å²) in [6, 6.07) is 13.0. The van der Waals surface area contributed by atoms with Crippen molar-refractivity contribution in [1.82, 2.24) is 20.4 Å². The van der Waals surface area contributed by atoms with Crippen LogP contribution in [-0.4, -0.2) is 34.0 Å². The van der Waals surface area contributed by atoms with E-state index in [2.05, 4.69) is 36.3 Å². The number of aromatic nitrogens is 2. The largest absolute Gasteiger partial charge is 0.352 e. The Balaban J connectivity index is 1.32. The van der Waals surface area contributed by atoms with Crippen LogP contribution in [0.3, 0.4) is 0 Å². The Hall–Kier alpha value is -1.93. The van der Waals surface area contributed by atoms with Crippen molar-refractivity contribution in [3.63, 3.8) is 0 Å².